The van der Waals surface area contributed by atoms with Gasteiger partial charge in [0.1, 0.15) is 23.3 Å². The molecule has 0 saturated heterocycles. The lowest BCUT2D eigenvalue weighted by Crippen LogP contribution is -1.95. The molecular formula is C29H15F7. The van der Waals surface area contributed by atoms with Gasteiger partial charge in [0.15, 0.2) is 17.5 Å². The van der Waals surface area contributed by atoms with E-state index in [1.807, 2.05) is 6.92 Å². The Labute approximate surface area is 202 Å². The maximum Gasteiger partial charge on any atom is 0.195 e. The SMILES string of the molecule is CCCc1cc(F)c(C#Cc2cc(F)c(C#Cc3ccc4c(F)c(F)c(F)cc4c3)c(F)c2)c(F)c1. The van der Waals surface area contributed by atoms with Crippen LogP contribution in [0.25, 0.3) is 10.8 Å². The van der Waals surface area contributed by atoms with Crippen LogP contribution in [-0.4, -0.2) is 0 Å². The Morgan fingerprint density at radius 1 is 0.556 bits per heavy atom. The minimum atomic E-state index is -1.60. The summed E-state index contributed by atoms with van der Waals surface area (Å²) in [4.78, 5) is 0. The Bertz CT molecular complexity index is 1580. The maximum absolute atomic E-state index is 14.5. The van der Waals surface area contributed by atoms with E-state index in [9.17, 15) is 30.7 Å². The average molecular weight is 496 g/mol. The van der Waals surface area contributed by atoms with E-state index in [0.717, 1.165) is 18.2 Å². The van der Waals surface area contributed by atoms with Crippen LogP contribution in [0.3, 0.4) is 0 Å². The predicted molar refractivity (Wildman–Crippen MR) is 122 cm³/mol. The molecule has 0 amide bonds. The molecule has 0 nitrogen and oxygen atoms in total. The highest BCUT2D eigenvalue weighted by atomic mass is 19.2. The number of benzene rings is 4. The first-order valence-electron chi connectivity index (χ1n) is 10.8. The molecule has 0 bridgehead atoms. The molecule has 0 spiro atoms. The molecule has 0 atom stereocenters. The Kier molecular flexibility index (Phi) is 7.03. The van der Waals surface area contributed by atoms with E-state index in [1.165, 1.54) is 30.3 Å². The summed E-state index contributed by atoms with van der Waals surface area (Å²) in [6.07, 6.45) is 1.20. The van der Waals surface area contributed by atoms with E-state index in [2.05, 4.69) is 23.7 Å². The lowest BCUT2D eigenvalue weighted by atomic mass is 10.0. The third kappa shape index (κ3) is 5.06. The standard InChI is InChI=1S/C29H15F7/c1-2-3-17-11-23(30)22(24(31)12-17)9-6-18-13-25(32)21(26(33)14-18)8-5-16-4-7-20-19(10-16)15-27(34)29(36)28(20)35/h4,7,10-15H,2-3H2,1H3. The van der Waals surface area contributed by atoms with E-state index < -0.39 is 51.8 Å². The van der Waals surface area contributed by atoms with Crippen molar-refractivity contribution in [3.8, 4) is 23.7 Å². The van der Waals surface area contributed by atoms with Gasteiger partial charge in [0.2, 0.25) is 0 Å². The van der Waals surface area contributed by atoms with Gasteiger partial charge < -0.3 is 0 Å². The van der Waals surface area contributed by atoms with Crippen molar-refractivity contribution in [1.29, 1.82) is 0 Å². The molecule has 7 heteroatoms. The van der Waals surface area contributed by atoms with Crippen LogP contribution in [0.15, 0.2) is 48.5 Å². The predicted octanol–water partition coefficient (Wildman–Crippen LogP) is 7.57. The van der Waals surface area contributed by atoms with Crippen molar-refractivity contribution in [1.82, 2.24) is 0 Å². The topological polar surface area (TPSA) is 0 Å². The van der Waals surface area contributed by atoms with Gasteiger partial charge >= 0.3 is 0 Å². The Morgan fingerprint density at radius 2 is 1.11 bits per heavy atom. The molecule has 0 heterocycles. The molecule has 0 saturated carbocycles. The van der Waals surface area contributed by atoms with Gasteiger partial charge in [0.05, 0.1) is 11.1 Å². The normalized spacial score (nSPS) is 10.6. The monoisotopic (exact) mass is 496 g/mol. The van der Waals surface area contributed by atoms with Gasteiger partial charge in [-0.3, -0.25) is 0 Å². The van der Waals surface area contributed by atoms with Crippen molar-refractivity contribution in [2.75, 3.05) is 0 Å². The average Bonchev–Trinajstić information content (AvgIpc) is 2.81. The summed E-state index contributed by atoms with van der Waals surface area (Å²) < 4.78 is 98.2. The maximum atomic E-state index is 14.5. The zero-order valence-electron chi connectivity index (χ0n) is 18.7. The van der Waals surface area contributed by atoms with Crippen LogP contribution < -0.4 is 0 Å². The number of rotatable bonds is 2. The number of hydrogen-bond acceptors (Lipinski definition) is 0. The van der Waals surface area contributed by atoms with Crippen molar-refractivity contribution < 1.29 is 30.7 Å². The number of fused-ring (bicyclic) bond motifs is 1. The summed E-state index contributed by atoms with van der Waals surface area (Å²) >= 11 is 0. The van der Waals surface area contributed by atoms with Crippen molar-refractivity contribution >= 4 is 10.8 Å². The van der Waals surface area contributed by atoms with E-state index in [4.69, 9.17) is 0 Å². The van der Waals surface area contributed by atoms with Crippen LogP contribution in [0.5, 0.6) is 0 Å². The Balaban J connectivity index is 1.64. The van der Waals surface area contributed by atoms with Gasteiger partial charge in [0, 0.05) is 16.5 Å². The molecular weight excluding hydrogens is 481 g/mol. The number of halogens is 7. The summed E-state index contributed by atoms with van der Waals surface area (Å²) in [5, 5.41) is -0.153. The summed E-state index contributed by atoms with van der Waals surface area (Å²) in [5.41, 5.74) is -0.618. The fourth-order valence-corrected chi connectivity index (χ4v) is 3.59. The van der Waals surface area contributed by atoms with Crippen LogP contribution >= 0.6 is 0 Å². The van der Waals surface area contributed by atoms with Gasteiger partial charge in [-0.1, -0.05) is 43.1 Å². The van der Waals surface area contributed by atoms with Crippen LogP contribution in [0, 0.1) is 64.4 Å². The third-order valence-corrected chi connectivity index (χ3v) is 5.32. The molecule has 0 aliphatic rings. The first-order valence-corrected chi connectivity index (χ1v) is 10.8. The summed E-state index contributed by atoms with van der Waals surface area (Å²) in [6.45, 7) is 1.87. The smallest absolute Gasteiger partial charge is 0.195 e. The van der Waals surface area contributed by atoms with E-state index in [-0.39, 0.29) is 21.9 Å². The lowest BCUT2D eigenvalue weighted by molar-refractivity contribution is 0.453. The number of aryl methyl sites for hydroxylation is 1. The van der Waals surface area contributed by atoms with Gasteiger partial charge in [-0.15, -0.1) is 0 Å². The van der Waals surface area contributed by atoms with Gasteiger partial charge in [0.25, 0.3) is 0 Å². The van der Waals surface area contributed by atoms with Gasteiger partial charge in [-0.2, -0.15) is 0 Å². The fourth-order valence-electron chi connectivity index (χ4n) is 3.59. The Hall–Kier alpha value is -4.23. The number of hydrogen-bond donors (Lipinski definition) is 0. The van der Waals surface area contributed by atoms with Crippen molar-refractivity contribution in [3.63, 3.8) is 0 Å². The van der Waals surface area contributed by atoms with E-state index in [1.54, 1.807) is 0 Å². The molecule has 4 rings (SSSR count). The van der Waals surface area contributed by atoms with Crippen molar-refractivity contribution in [3.05, 3.63) is 117 Å². The quantitative estimate of drug-likeness (QED) is 0.153. The molecule has 0 unspecified atom stereocenters. The molecule has 0 aliphatic carbocycles. The molecule has 180 valence electrons. The molecule has 0 fully saturated rings. The second-order valence-corrected chi connectivity index (χ2v) is 7.92. The van der Waals surface area contributed by atoms with Crippen LogP contribution in [0.2, 0.25) is 0 Å². The van der Waals surface area contributed by atoms with Crippen molar-refractivity contribution in [2.24, 2.45) is 0 Å². The highest BCUT2D eigenvalue weighted by Crippen LogP contribution is 2.24. The molecule has 0 aliphatic heterocycles. The molecule has 0 N–H and O–H groups in total. The second-order valence-electron chi connectivity index (χ2n) is 7.92. The van der Waals surface area contributed by atoms with Crippen LogP contribution in [0.1, 0.15) is 41.2 Å². The summed E-state index contributed by atoms with van der Waals surface area (Å²) in [7, 11) is 0. The molecule has 4 aromatic carbocycles. The molecule has 4 aromatic rings. The van der Waals surface area contributed by atoms with Gasteiger partial charge in [-0.25, -0.2) is 30.7 Å². The van der Waals surface area contributed by atoms with Crippen LogP contribution in [0.4, 0.5) is 30.7 Å². The fraction of sp³-hybridized carbons (Fsp3) is 0.103. The molecule has 36 heavy (non-hydrogen) atoms. The minimum absolute atomic E-state index is 0.0203. The first kappa shape index (κ1) is 24.9. The summed E-state index contributed by atoms with van der Waals surface area (Å²) in [6, 6.07) is 8.58. The van der Waals surface area contributed by atoms with Crippen LogP contribution in [-0.2, 0) is 6.42 Å². The zero-order valence-corrected chi connectivity index (χ0v) is 18.7. The lowest BCUT2D eigenvalue weighted by Gasteiger charge is -2.03. The first-order chi connectivity index (χ1) is 17.2. The minimum Gasteiger partial charge on any atom is -0.206 e. The van der Waals surface area contributed by atoms with Crippen molar-refractivity contribution in [2.45, 2.75) is 19.8 Å². The largest absolute Gasteiger partial charge is 0.206 e. The highest BCUT2D eigenvalue weighted by Gasteiger charge is 2.14. The Morgan fingerprint density at radius 3 is 1.69 bits per heavy atom. The van der Waals surface area contributed by atoms with E-state index in [0.29, 0.717) is 18.4 Å². The third-order valence-electron chi connectivity index (χ3n) is 5.32. The summed E-state index contributed by atoms with van der Waals surface area (Å²) in [5.74, 6) is 1.23. The van der Waals surface area contributed by atoms with E-state index >= 15 is 0 Å². The van der Waals surface area contributed by atoms with Gasteiger partial charge in [-0.05, 0) is 59.8 Å². The molecule has 0 radical (unpaired) electrons. The molecule has 0 aromatic heterocycles. The second kappa shape index (κ2) is 10.2. The zero-order chi connectivity index (χ0) is 26.0. The highest BCUT2D eigenvalue weighted by molar-refractivity contribution is 5.84.